The Labute approximate surface area is 159 Å². The summed E-state index contributed by atoms with van der Waals surface area (Å²) in [5, 5.41) is 2.97. The molecule has 1 N–H and O–H groups in total. The van der Waals surface area contributed by atoms with Crippen molar-refractivity contribution >= 4 is 21.9 Å². The van der Waals surface area contributed by atoms with Crippen molar-refractivity contribution in [1.82, 2.24) is 19.2 Å². The van der Waals surface area contributed by atoms with Crippen molar-refractivity contribution in [2.24, 2.45) is 0 Å². The van der Waals surface area contributed by atoms with E-state index in [1.807, 2.05) is 13.8 Å². The Hall–Kier alpha value is -2.52. The summed E-state index contributed by atoms with van der Waals surface area (Å²) in [6.45, 7) is 5.74. The molecule has 0 saturated carbocycles. The fourth-order valence-electron chi connectivity index (χ4n) is 2.86. The molecule has 0 atom stereocenters. The number of anilines is 1. The lowest BCUT2D eigenvalue weighted by molar-refractivity contribution is 0.0697. The van der Waals surface area contributed by atoms with E-state index in [4.69, 9.17) is 0 Å². The number of sulfonamides is 1. The number of carbonyl (C=O) groups excluding carboxylic acids is 1. The number of benzene rings is 1. The zero-order valence-corrected chi connectivity index (χ0v) is 16.2. The van der Waals surface area contributed by atoms with Gasteiger partial charge in [0.1, 0.15) is 0 Å². The minimum Gasteiger partial charge on any atom is -0.355 e. The summed E-state index contributed by atoms with van der Waals surface area (Å²) < 4.78 is 26.9. The molecule has 1 aromatic carbocycles. The molecule has 2 aromatic rings. The number of aromatic nitrogens is 2. The van der Waals surface area contributed by atoms with Crippen LogP contribution in [-0.4, -0.2) is 66.2 Å². The number of carbonyl (C=O) groups is 1. The normalized spacial score (nSPS) is 15.6. The molecule has 1 fully saturated rings. The van der Waals surface area contributed by atoms with Crippen LogP contribution in [0.5, 0.6) is 0 Å². The molecule has 27 heavy (non-hydrogen) atoms. The van der Waals surface area contributed by atoms with Crippen molar-refractivity contribution < 1.29 is 13.2 Å². The molecule has 1 aliphatic rings. The molecule has 1 amide bonds. The van der Waals surface area contributed by atoms with Crippen LogP contribution in [0.2, 0.25) is 0 Å². The van der Waals surface area contributed by atoms with Crippen LogP contribution in [0.25, 0.3) is 0 Å². The number of rotatable bonds is 5. The zero-order chi connectivity index (χ0) is 19.4. The van der Waals surface area contributed by atoms with Gasteiger partial charge in [0.25, 0.3) is 5.91 Å². The molecule has 3 rings (SSSR count). The average Bonchev–Trinajstić information content (AvgIpc) is 2.69. The summed E-state index contributed by atoms with van der Waals surface area (Å²) in [5.41, 5.74) is 1.40. The van der Waals surface area contributed by atoms with Crippen molar-refractivity contribution in [1.29, 1.82) is 0 Å². The lowest BCUT2D eigenvalue weighted by atomic mass is 10.2. The second-order valence-electron chi connectivity index (χ2n) is 6.34. The molecule has 0 radical (unpaired) electrons. The maximum atomic E-state index is 12.7. The van der Waals surface area contributed by atoms with E-state index in [1.165, 1.54) is 16.7 Å². The highest BCUT2D eigenvalue weighted by Crippen LogP contribution is 2.19. The van der Waals surface area contributed by atoms with Gasteiger partial charge in [-0.15, -0.1) is 0 Å². The van der Waals surface area contributed by atoms with Gasteiger partial charge in [-0.3, -0.25) is 4.79 Å². The lowest BCUT2D eigenvalue weighted by Gasteiger charge is -2.34. The van der Waals surface area contributed by atoms with Crippen LogP contribution in [-0.2, 0) is 10.0 Å². The summed E-state index contributed by atoms with van der Waals surface area (Å²) in [4.78, 5) is 22.7. The van der Waals surface area contributed by atoms with Gasteiger partial charge in [0.15, 0.2) is 0 Å². The molecule has 0 aliphatic carbocycles. The number of nitrogens with zero attached hydrogens (tertiary/aromatic N) is 4. The largest absolute Gasteiger partial charge is 0.355 e. The van der Waals surface area contributed by atoms with Crippen molar-refractivity contribution in [3.05, 3.63) is 47.8 Å². The second kappa shape index (κ2) is 8.01. The summed E-state index contributed by atoms with van der Waals surface area (Å²) in [6, 6.07) is 6.80. The summed E-state index contributed by atoms with van der Waals surface area (Å²) >= 11 is 0. The molecule has 1 saturated heterocycles. The van der Waals surface area contributed by atoms with Crippen molar-refractivity contribution in [2.75, 3.05) is 38.0 Å². The molecule has 0 bridgehead atoms. The number of piperazine rings is 1. The number of amides is 1. The fraction of sp³-hybridized carbons (Fsp3) is 0.389. The van der Waals surface area contributed by atoms with Gasteiger partial charge in [-0.1, -0.05) is 17.7 Å². The van der Waals surface area contributed by atoms with Crippen LogP contribution >= 0.6 is 0 Å². The van der Waals surface area contributed by atoms with Crippen LogP contribution in [0, 0.1) is 6.92 Å². The van der Waals surface area contributed by atoms with Gasteiger partial charge < -0.3 is 10.2 Å². The SMILES string of the molecule is CCNc1ncc(C(=O)N2CCN(S(=O)(=O)c3ccc(C)cc3)CC2)cn1. The maximum Gasteiger partial charge on any atom is 0.257 e. The molecule has 9 heteroatoms. The molecular formula is C18H23N5O3S. The van der Waals surface area contributed by atoms with Crippen LogP contribution < -0.4 is 5.32 Å². The van der Waals surface area contributed by atoms with E-state index in [2.05, 4.69) is 15.3 Å². The Morgan fingerprint density at radius 3 is 2.22 bits per heavy atom. The smallest absolute Gasteiger partial charge is 0.257 e. The van der Waals surface area contributed by atoms with Gasteiger partial charge in [-0.05, 0) is 26.0 Å². The molecular weight excluding hydrogens is 366 g/mol. The van der Waals surface area contributed by atoms with Gasteiger partial charge in [0, 0.05) is 45.1 Å². The minimum absolute atomic E-state index is 0.189. The highest BCUT2D eigenvalue weighted by atomic mass is 32.2. The van der Waals surface area contributed by atoms with Gasteiger partial charge in [-0.2, -0.15) is 4.31 Å². The predicted octanol–water partition coefficient (Wildman–Crippen LogP) is 1.36. The zero-order valence-electron chi connectivity index (χ0n) is 15.4. The van der Waals surface area contributed by atoms with Crippen LogP contribution in [0.1, 0.15) is 22.8 Å². The first-order valence-corrected chi connectivity index (χ1v) is 10.3. The Kier molecular flexibility index (Phi) is 5.71. The van der Waals surface area contributed by atoms with E-state index in [1.54, 1.807) is 29.2 Å². The molecule has 0 spiro atoms. The third kappa shape index (κ3) is 4.25. The van der Waals surface area contributed by atoms with E-state index in [0.717, 1.165) is 5.56 Å². The van der Waals surface area contributed by atoms with Crippen LogP contribution in [0.15, 0.2) is 41.6 Å². The predicted molar refractivity (Wildman–Crippen MR) is 102 cm³/mol. The van der Waals surface area contributed by atoms with E-state index in [9.17, 15) is 13.2 Å². The van der Waals surface area contributed by atoms with Gasteiger partial charge in [0.2, 0.25) is 16.0 Å². The summed E-state index contributed by atoms with van der Waals surface area (Å²) in [5.74, 6) is 0.286. The van der Waals surface area contributed by atoms with Crippen molar-refractivity contribution in [2.45, 2.75) is 18.7 Å². The number of hydrogen-bond donors (Lipinski definition) is 1. The van der Waals surface area contributed by atoms with E-state index in [0.29, 0.717) is 31.1 Å². The van der Waals surface area contributed by atoms with Crippen LogP contribution in [0.3, 0.4) is 0 Å². The Balaban J connectivity index is 1.64. The number of hydrogen-bond acceptors (Lipinski definition) is 6. The molecule has 1 aromatic heterocycles. The minimum atomic E-state index is -3.54. The van der Waals surface area contributed by atoms with E-state index in [-0.39, 0.29) is 23.9 Å². The monoisotopic (exact) mass is 389 g/mol. The quantitative estimate of drug-likeness (QED) is 0.830. The molecule has 0 unspecified atom stereocenters. The first-order chi connectivity index (χ1) is 12.9. The highest BCUT2D eigenvalue weighted by molar-refractivity contribution is 7.89. The highest BCUT2D eigenvalue weighted by Gasteiger charge is 2.30. The summed E-state index contributed by atoms with van der Waals surface area (Å²) in [6.07, 6.45) is 2.98. The van der Waals surface area contributed by atoms with Gasteiger partial charge in [0.05, 0.1) is 10.5 Å². The number of aryl methyl sites for hydroxylation is 1. The Morgan fingerprint density at radius 2 is 1.67 bits per heavy atom. The number of nitrogens with one attached hydrogen (secondary N) is 1. The standard InChI is InChI=1S/C18H23N5O3S/c1-3-19-18-20-12-15(13-21-18)17(24)22-8-10-23(11-9-22)27(25,26)16-6-4-14(2)5-7-16/h4-7,12-13H,3,8-11H2,1-2H3,(H,19,20,21). The molecule has 1 aliphatic heterocycles. The van der Waals surface area contributed by atoms with Crippen molar-refractivity contribution in [3.8, 4) is 0 Å². The van der Waals surface area contributed by atoms with Gasteiger partial charge in [-0.25, -0.2) is 18.4 Å². The van der Waals surface area contributed by atoms with E-state index >= 15 is 0 Å². The van der Waals surface area contributed by atoms with E-state index < -0.39 is 10.0 Å². The average molecular weight is 389 g/mol. The van der Waals surface area contributed by atoms with Gasteiger partial charge >= 0.3 is 0 Å². The third-order valence-corrected chi connectivity index (χ3v) is 6.33. The Bertz CT molecular complexity index is 890. The van der Waals surface area contributed by atoms with Crippen molar-refractivity contribution in [3.63, 3.8) is 0 Å². The maximum absolute atomic E-state index is 12.7. The second-order valence-corrected chi connectivity index (χ2v) is 8.27. The molecule has 144 valence electrons. The first-order valence-electron chi connectivity index (χ1n) is 8.84. The van der Waals surface area contributed by atoms with Crippen LogP contribution in [0.4, 0.5) is 5.95 Å². The molecule has 8 nitrogen and oxygen atoms in total. The summed E-state index contributed by atoms with van der Waals surface area (Å²) in [7, 11) is -3.54. The lowest BCUT2D eigenvalue weighted by Crippen LogP contribution is -2.50. The Morgan fingerprint density at radius 1 is 1.07 bits per heavy atom. The topological polar surface area (TPSA) is 95.5 Å². The first kappa shape index (κ1) is 19.2. The molecule has 2 heterocycles. The third-order valence-electron chi connectivity index (χ3n) is 4.42. The fourth-order valence-corrected chi connectivity index (χ4v) is 4.28.